The number of nitrogens with zero attached hydrogens (tertiary/aromatic N) is 1. The van der Waals surface area contributed by atoms with Gasteiger partial charge in [-0.05, 0) is 31.4 Å². The second-order valence-electron chi connectivity index (χ2n) is 2.83. The van der Waals surface area contributed by atoms with Gasteiger partial charge in [0.05, 0.1) is 0 Å². The Morgan fingerprint density at radius 2 is 1.60 bits per heavy atom. The summed E-state index contributed by atoms with van der Waals surface area (Å²) in [4.78, 5) is 2.28. The predicted molar refractivity (Wildman–Crippen MR) is 53.5 cm³/mol. The zero-order valence-corrected chi connectivity index (χ0v) is 8.62. The molecule has 0 aromatic rings. The van der Waals surface area contributed by atoms with Crippen LogP contribution in [0.3, 0.4) is 0 Å². The van der Waals surface area contributed by atoms with Crippen molar-refractivity contribution in [3.05, 3.63) is 0 Å². The molecule has 0 radical (unpaired) electrons. The van der Waals surface area contributed by atoms with E-state index < -0.39 is 0 Å². The predicted octanol–water partition coefficient (Wildman–Crippen LogP) is 1.59. The molecule has 0 heterocycles. The Morgan fingerprint density at radius 1 is 1.10 bits per heavy atom. The smallest absolute Gasteiger partial charge is 0.00495 e. The Kier molecular flexibility index (Phi) is 6.24. The molecule has 0 aromatic heterocycles. The highest BCUT2D eigenvalue weighted by atomic mass is 32.2. The average Bonchev–Trinajstić information content (AvgIpc) is 1.90. The molecule has 0 N–H and O–H groups in total. The molecule has 10 heavy (non-hydrogen) atoms. The maximum Gasteiger partial charge on any atom is 0.00495 e. The molecular weight excluding hydrogens is 142 g/mol. The van der Waals surface area contributed by atoms with Gasteiger partial charge in [-0.3, -0.25) is 10.9 Å². The highest BCUT2D eigenvalue weighted by Gasteiger charge is 1.97. The van der Waals surface area contributed by atoms with Gasteiger partial charge in [-0.1, -0.05) is 13.8 Å². The quantitative estimate of drug-likeness (QED) is 0.602. The lowest BCUT2D eigenvalue weighted by molar-refractivity contribution is 0.437. The van der Waals surface area contributed by atoms with Crippen LogP contribution in [0.2, 0.25) is 0 Å². The lowest BCUT2D eigenvalue weighted by Crippen LogP contribution is -2.17. The van der Waals surface area contributed by atoms with Crippen molar-refractivity contribution in [2.45, 2.75) is 13.8 Å². The molecule has 0 aliphatic heterocycles. The fourth-order valence-electron chi connectivity index (χ4n) is 0.881. The van der Waals surface area contributed by atoms with E-state index in [9.17, 15) is 0 Å². The van der Waals surface area contributed by atoms with Crippen LogP contribution in [0.25, 0.3) is 0 Å². The summed E-state index contributed by atoms with van der Waals surface area (Å²) < 4.78 is 0. The maximum atomic E-state index is 2.31. The summed E-state index contributed by atoms with van der Waals surface area (Å²) in [6.45, 7) is 5.89. The molecule has 0 aliphatic carbocycles. The maximum absolute atomic E-state index is 2.31. The summed E-state index contributed by atoms with van der Waals surface area (Å²) >= 11 is 0. The van der Waals surface area contributed by atoms with Crippen molar-refractivity contribution in [1.29, 1.82) is 0 Å². The van der Waals surface area contributed by atoms with E-state index in [1.165, 1.54) is 23.8 Å². The summed E-state index contributed by atoms with van der Waals surface area (Å²) in [6, 6.07) is 0. The van der Waals surface area contributed by atoms with Gasteiger partial charge in [-0.25, -0.2) is 0 Å². The second kappa shape index (κ2) is 6.05. The van der Waals surface area contributed by atoms with E-state index in [1.54, 1.807) is 0 Å². The first-order valence-electron chi connectivity index (χ1n) is 4.07. The van der Waals surface area contributed by atoms with E-state index in [-0.39, 0.29) is 0 Å². The molecule has 0 saturated heterocycles. The van der Waals surface area contributed by atoms with Crippen LogP contribution in [0.5, 0.6) is 0 Å². The summed E-state index contributed by atoms with van der Waals surface area (Å²) in [7, 11) is 4.67. The molecule has 1 nitrogen and oxygen atoms in total. The van der Waals surface area contributed by atoms with Crippen LogP contribution in [0, 0.1) is 0 Å². The summed E-state index contributed by atoms with van der Waals surface area (Å²) in [5.41, 5.74) is 0. The number of hydrogen-bond donors (Lipinski definition) is 1. The van der Waals surface area contributed by atoms with E-state index in [1.807, 2.05) is 0 Å². The molecule has 0 bridgehead atoms. The third-order valence-electron chi connectivity index (χ3n) is 1.76. The van der Waals surface area contributed by atoms with Gasteiger partial charge in [0.15, 0.2) is 0 Å². The van der Waals surface area contributed by atoms with Crippen LogP contribution < -0.4 is 0 Å². The highest BCUT2D eigenvalue weighted by Crippen LogP contribution is 2.22. The van der Waals surface area contributed by atoms with Crippen LogP contribution in [0.1, 0.15) is 13.8 Å². The number of thiol groups is 1. The fourth-order valence-corrected chi connectivity index (χ4v) is 2.64. The van der Waals surface area contributed by atoms with Crippen LogP contribution in [0.4, 0.5) is 0 Å². The lowest BCUT2D eigenvalue weighted by Gasteiger charge is -2.19. The zero-order chi connectivity index (χ0) is 7.98. The highest BCUT2D eigenvalue weighted by molar-refractivity contribution is 8.17. The zero-order valence-electron chi connectivity index (χ0n) is 7.72. The van der Waals surface area contributed by atoms with Crippen molar-refractivity contribution < 1.29 is 0 Å². The van der Waals surface area contributed by atoms with Crippen molar-refractivity contribution in [2.75, 3.05) is 37.9 Å². The molecule has 2 heteroatoms. The van der Waals surface area contributed by atoms with Crippen LogP contribution in [0.15, 0.2) is 0 Å². The van der Waals surface area contributed by atoms with E-state index in [2.05, 4.69) is 32.8 Å². The molecule has 0 atom stereocenters. The van der Waals surface area contributed by atoms with E-state index >= 15 is 0 Å². The van der Waals surface area contributed by atoms with Crippen molar-refractivity contribution in [2.24, 2.45) is 0 Å². The molecule has 0 aromatic carbocycles. The Morgan fingerprint density at radius 3 is 1.90 bits per heavy atom. The van der Waals surface area contributed by atoms with E-state index in [4.69, 9.17) is 0 Å². The lowest BCUT2D eigenvalue weighted by atomic mass is 10.7. The van der Waals surface area contributed by atoms with Crippen LogP contribution >= 0.6 is 10.9 Å². The van der Waals surface area contributed by atoms with Gasteiger partial charge in [-0.15, -0.1) is 0 Å². The molecule has 0 unspecified atom stereocenters. The molecule has 0 spiro atoms. The molecule has 0 aliphatic rings. The summed E-state index contributed by atoms with van der Waals surface area (Å²) in [5.74, 6) is 4.23. The normalized spacial score (nSPS) is 12.3. The Balaban J connectivity index is 3.26. The van der Waals surface area contributed by atoms with Gasteiger partial charge in [-0.2, -0.15) is 0 Å². The topological polar surface area (TPSA) is 3.24 Å². The Bertz CT molecular complexity index is 69.7. The standard InChI is InChI=1S/C8H21NS/c1-5-10(6-2)8-7-9(3)4/h10H,5-8H2,1-4H3. The molecule has 0 amide bonds. The third-order valence-corrected chi connectivity index (χ3v) is 4.38. The summed E-state index contributed by atoms with van der Waals surface area (Å²) in [6.07, 6.45) is 0. The fraction of sp³-hybridized carbons (Fsp3) is 1.00. The average molecular weight is 163 g/mol. The van der Waals surface area contributed by atoms with E-state index in [0.717, 1.165) is 0 Å². The van der Waals surface area contributed by atoms with Gasteiger partial charge < -0.3 is 4.90 Å². The van der Waals surface area contributed by atoms with Gasteiger partial charge in [0.1, 0.15) is 0 Å². The van der Waals surface area contributed by atoms with Gasteiger partial charge in [0.2, 0.25) is 0 Å². The molecule has 0 saturated carbocycles. The first-order chi connectivity index (χ1) is 4.70. The van der Waals surface area contributed by atoms with Crippen molar-refractivity contribution in [3.63, 3.8) is 0 Å². The molecule has 64 valence electrons. The SMILES string of the molecule is CC[SH](CC)CCN(C)C. The summed E-state index contributed by atoms with van der Waals surface area (Å²) in [5, 5.41) is 0. The Labute approximate surface area is 68.1 Å². The minimum absolute atomic E-state index is 0.370. The van der Waals surface area contributed by atoms with Crippen LogP contribution in [-0.2, 0) is 0 Å². The van der Waals surface area contributed by atoms with Crippen molar-refractivity contribution in [1.82, 2.24) is 4.90 Å². The minimum Gasteiger partial charge on any atom is -0.309 e. The van der Waals surface area contributed by atoms with E-state index in [0.29, 0.717) is 10.9 Å². The second-order valence-corrected chi connectivity index (χ2v) is 5.88. The first-order valence-corrected chi connectivity index (χ1v) is 5.97. The van der Waals surface area contributed by atoms with Crippen molar-refractivity contribution in [3.8, 4) is 0 Å². The largest absolute Gasteiger partial charge is 0.309 e. The minimum atomic E-state index is 0.370. The van der Waals surface area contributed by atoms with Crippen LogP contribution in [-0.4, -0.2) is 42.8 Å². The van der Waals surface area contributed by atoms with Gasteiger partial charge in [0, 0.05) is 6.54 Å². The number of hydrogen-bond acceptors (Lipinski definition) is 1. The van der Waals surface area contributed by atoms with Crippen molar-refractivity contribution >= 4 is 10.9 Å². The molecule has 0 fully saturated rings. The first kappa shape index (κ1) is 10.3. The monoisotopic (exact) mass is 163 g/mol. The third kappa shape index (κ3) is 5.12. The van der Waals surface area contributed by atoms with Gasteiger partial charge >= 0.3 is 0 Å². The molecule has 0 rings (SSSR count). The van der Waals surface area contributed by atoms with Gasteiger partial charge in [0.25, 0.3) is 0 Å². The Hall–Kier alpha value is 0.310. The molecular formula is C8H21NS. The number of rotatable bonds is 5.